The van der Waals surface area contributed by atoms with Crippen LogP contribution in [0.4, 0.5) is 4.39 Å². The van der Waals surface area contributed by atoms with E-state index in [1.54, 1.807) is 6.07 Å². The van der Waals surface area contributed by atoms with Gasteiger partial charge in [-0.25, -0.2) is 4.39 Å². The number of rotatable bonds is 5. The lowest BCUT2D eigenvalue weighted by molar-refractivity contribution is -0.147. The third-order valence-corrected chi connectivity index (χ3v) is 7.07. The predicted octanol–water partition coefficient (Wildman–Crippen LogP) is 6.12. The number of hydrogen-bond acceptors (Lipinski definition) is 3. The van der Waals surface area contributed by atoms with Crippen LogP contribution in [0.25, 0.3) is 5.69 Å². The first-order valence-corrected chi connectivity index (χ1v) is 11.5. The molecule has 6 heteroatoms. The first-order valence-electron chi connectivity index (χ1n) is 10.1. The fourth-order valence-electron chi connectivity index (χ4n) is 4.13. The van der Waals surface area contributed by atoms with Crippen molar-refractivity contribution in [2.45, 2.75) is 68.8 Å². The van der Waals surface area contributed by atoms with Gasteiger partial charge in [-0.1, -0.05) is 18.0 Å². The average Bonchev–Trinajstić information content (AvgIpc) is 3.12. The van der Waals surface area contributed by atoms with Crippen LogP contribution in [0.2, 0.25) is 5.02 Å². The van der Waals surface area contributed by atoms with Crippen molar-refractivity contribution in [1.29, 1.82) is 0 Å². The summed E-state index contributed by atoms with van der Waals surface area (Å²) < 4.78 is 22.0. The molecule has 3 nitrogen and oxygen atoms in total. The molecule has 1 saturated carbocycles. The zero-order chi connectivity index (χ0) is 19.5. The van der Waals surface area contributed by atoms with E-state index >= 15 is 0 Å². The average molecular weight is 422 g/mol. The topological polar surface area (TPSA) is 31.2 Å². The molecule has 0 bridgehead atoms. The van der Waals surface area contributed by atoms with Crippen LogP contribution < -0.4 is 0 Å². The van der Waals surface area contributed by atoms with Crippen molar-refractivity contribution in [2.24, 2.45) is 0 Å². The SMILES string of the molecule is O=C(CSc1cc(-n2cc3c(c2)CCCC3)c(F)cc1Cl)OC1CCCCC1. The molecule has 0 amide bonds. The number of benzene rings is 1. The lowest BCUT2D eigenvalue weighted by atomic mass is 9.96. The van der Waals surface area contributed by atoms with E-state index in [-0.39, 0.29) is 23.6 Å². The van der Waals surface area contributed by atoms with Crippen molar-refractivity contribution in [3.05, 3.63) is 46.5 Å². The highest BCUT2D eigenvalue weighted by atomic mass is 35.5. The van der Waals surface area contributed by atoms with Crippen LogP contribution in [0.5, 0.6) is 0 Å². The van der Waals surface area contributed by atoms with Gasteiger partial charge in [0.2, 0.25) is 0 Å². The molecule has 1 aromatic heterocycles. The largest absolute Gasteiger partial charge is 0.462 e. The molecule has 1 heterocycles. The Morgan fingerprint density at radius 2 is 1.79 bits per heavy atom. The molecule has 0 atom stereocenters. The minimum absolute atomic E-state index is 0.0484. The van der Waals surface area contributed by atoms with Crippen molar-refractivity contribution < 1.29 is 13.9 Å². The Kier molecular flexibility index (Phi) is 6.32. The van der Waals surface area contributed by atoms with Gasteiger partial charge in [0.25, 0.3) is 0 Å². The molecule has 0 unspecified atom stereocenters. The second kappa shape index (κ2) is 8.91. The third kappa shape index (κ3) is 4.57. The van der Waals surface area contributed by atoms with Crippen LogP contribution in [0.1, 0.15) is 56.1 Å². The minimum atomic E-state index is -0.355. The molecule has 150 valence electrons. The van der Waals surface area contributed by atoms with E-state index in [1.165, 1.54) is 48.2 Å². The van der Waals surface area contributed by atoms with Gasteiger partial charge in [0, 0.05) is 17.3 Å². The minimum Gasteiger partial charge on any atom is -0.462 e. The Bertz CT molecular complexity index is 837. The Morgan fingerprint density at radius 1 is 1.11 bits per heavy atom. The van der Waals surface area contributed by atoms with Crippen LogP contribution in [0.15, 0.2) is 29.4 Å². The van der Waals surface area contributed by atoms with Crippen LogP contribution in [-0.2, 0) is 22.4 Å². The molecule has 0 radical (unpaired) electrons. The van der Waals surface area contributed by atoms with Crippen molar-refractivity contribution in [2.75, 3.05) is 5.75 Å². The maximum Gasteiger partial charge on any atom is 0.316 e. The molecule has 1 fully saturated rings. The fraction of sp³-hybridized carbons (Fsp3) is 0.500. The molecular formula is C22H25ClFNO2S. The number of aryl methyl sites for hydroxylation is 2. The normalized spacial score (nSPS) is 17.4. The molecule has 2 aliphatic carbocycles. The van der Waals surface area contributed by atoms with E-state index < -0.39 is 0 Å². The maximum atomic E-state index is 14.6. The summed E-state index contributed by atoms with van der Waals surface area (Å²) in [5.74, 6) is -0.398. The number of halogens is 2. The summed E-state index contributed by atoms with van der Waals surface area (Å²) in [6, 6.07) is 3.08. The summed E-state index contributed by atoms with van der Waals surface area (Å²) in [6.07, 6.45) is 13.9. The van der Waals surface area contributed by atoms with E-state index in [0.29, 0.717) is 15.6 Å². The van der Waals surface area contributed by atoms with Crippen molar-refractivity contribution in [3.8, 4) is 5.69 Å². The van der Waals surface area contributed by atoms with Crippen molar-refractivity contribution in [3.63, 3.8) is 0 Å². The first kappa shape index (κ1) is 19.8. The first-order chi connectivity index (χ1) is 13.6. The molecule has 0 N–H and O–H groups in total. The Labute approximate surface area is 174 Å². The summed E-state index contributed by atoms with van der Waals surface area (Å²) in [7, 11) is 0. The number of ether oxygens (including phenoxy) is 1. The quantitative estimate of drug-likeness (QED) is 0.430. The Morgan fingerprint density at radius 3 is 2.46 bits per heavy atom. The number of carbonyl (C=O) groups is 1. The summed E-state index contributed by atoms with van der Waals surface area (Å²) in [5, 5.41) is 0.327. The monoisotopic (exact) mass is 421 g/mol. The summed E-state index contributed by atoms with van der Waals surface area (Å²) in [5.41, 5.74) is 3.07. The molecule has 0 spiro atoms. The molecule has 2 aliphatic rings. The number of thioether (sulfide) groups is 1. The van der Waals surface area contributed by atoms with Crippen molar-refractivity contribution in [1.82, 2.24) is 4.57 Å². The van der Waals surface area contributed by atoms with Crippen LogP contribution in [-0.4, -0.2) is 22.4 Å². The van der Waals surface area contributed by atoms with Gasteiger partial charge in [-0.2, -0.15) is 0 Å². The summed E-state index contributed by atoms with van der Waals surface area (Å²) in [6.45, 7) is 0. The Hall–Kier alpha value is -1.46. The number of fused-ring (bicyclic) bond motifs is 1. The lowest BCUT2D eigenvalue weighted by Crippen LogP contribution is -2.21. The molecule has 0 aliphatic heterocycles. The van der Waals surface area contributed by atoms with E-state index in [1.807, 2.05) is 17.0 Å². The second-order valence-corrected chi connectivity index (χ2v) is 9.12. The molecule has 28 heavy (non-hydrogen) atoms. The molecule has 0 saturated heterocycles. The number of carbonyl (C=O) groups excluding carboxylic acids is 1. The lowest BCUT2D eigenvalue weighted by Gasteiger charge is -2.21. The van der Waals surface area contributed by atoms with Crippen LogP contribution in [0, 0.1) is 5.82 Å². The van der Waals surface area contributed by atoms with E-state index in [0.717, 1.165) is 38.5 Å². The highest BCUT2D eigenvalue weighted by Gasteiger charge is 2.19. The van der Waals surface area contributed by atoms with E-state index in [4.69, 9.17) is 16.3 Å². The van der Waals surface area contributed by atoms with Gasteiger partial charge in [-0.15, -0.1) is 11.8 Å². The predicted molar refractivity (Wildman–Crippen MR) is 111 cm³/mol. The number of esters is 1. The molecule has 4 rings (SSSR count). The highest BCUT2D eigenvalue weighted by molar-refractivity contribution is 8.00. The van der Waals surface area contributed by atoms with Gasteiger partial charge >= 0.3 is 5.97 Å². The standard InChI is InChI=1S/C22H25ClFNO2S/c23-18-10-19(24)20(25-12-15-6-4-5-7-16(15)13-25)11-21(18)28-14-22(26)27-17-8-2-1-3-9-17/h10-13,17H,1-9,14H2. The second-order valence-electron chi connectivity index (χ2n) is 7.70. The van der Waals surface area contributed by atoms with Gasteiger partial charge in [0.1, 0.15) is 11.9 Å². The van der Waals surface area contributed by atoms with Gasteiger partial charge in [0.05, 0.1) is 16.5 Å². The summed E-state index contributed by atoms with van der Waals surface area (Å²) in [4.78, 5) is 12.9. The third-order valence-electron chi connectivity index (χ3n) is 5.62. The maximum absolute atomic E-state index is 14.6. The van der Waals surface area contributed by atoms with E-state index in [2.05, 4.69) is 0 Å². The smallest absolute Gasteiger partial charge is 0.316 e. The van der Waals surface area contributed by atoms with Gasteiger partial charge in [-0.05, 0) is 74.6 Å². The Balaban J connectivity index is 1.46. The van der Waals surface area contributed by atoms with Crippen molar-refractivity contribution >= 4 is 29.3 Å². The van der Waals surface area contributed by atoms with Crippen LogP contribution in [0.3, 0.4) is 0 Å². The zero-order valence-corrected chi connectivity index (χ0v) is 17.5. The number of aromatic nitrogens is 1. The number of hydrogen-bond donors (Lipinski definition) is 0. The summed E-state index contributed by atoms with van der Waals surface area (Å²) >= 11 is 7.55. The fourth-order valence-corrected chi connectivity index (χ4v) is 5.17. The molecular weight excluding hydrogens is 397 g/mol. The molecule has 1 aromatic carbocycles. The van der Waals surface area contributed by atoms with E-state index in [9.17, 15) is 9.18 Å². The highest BCUT2D eigenvalue weighted by Crippen LogP contribution is 2.33. The van der Waals surface area contributed by atoms with Gasteiger partial charge in [-0.3, -0.25) is 4.79 Å². The zero-order valence-electron chi connectivity index (χ0n) is 15.9. The van der Waals surface area contributed by atoms with Gasteiger partial charge < -0.3 is 9.30 Å². The number of nitrogens with zero attached hydrogens (tertiary/aromatic N) is 1. The van der Waals surface area contributed by atoms with Gasteiger partial charge in [0.15, 0.2) is 0 Å². The molecule has 2 aromatic rings. The van der Waals surface area contributed by atoms with Crippen LogP contribution >= 0.6 is 23.4 Å².